The Balaban J connectivity index is 2.11. The van der Waals surface area contributed by atoms with Gasteiger partial charge in [0.2, 0.25) is 6.10 Å². The van der Waals surface area contributed by atoms with Crippen molar-refractivity contribution in [2.75, 3.05) is 18.7 Å². The van der Waals surface area contributed by atoms with Crippen LogP contribution in [0.3, 0.4) is 0 Å². The molecule has 0 aliphatic carbocycles. The lowest BCUT2D eigenvalue weighted by molar-refractivity contribution is -0.152. The van der Waals surface area contributed by atoms with Gasteiger partial charge in [-0.25, -0.2) is 9.86 Å². The van der Waals surface area contributed by atoms with Crippen molar-refractivity contribution in [1.29, 1.82) is 0 Å². The van der Waals surface area contributed by atoms with E-state index in [0.717, 1.165) is 5.69 Å². The number of nitrogens with zero attached hydrogens (tertiary/aromatic N) is 1. The molecule has 0 fully saturated rings. The van der Waals surface area contributed by atoms with Gasteiger partial charge >= 0.3 is 5.97 Å². The second-order valence-electron chi connectivity index (χ2n) is 3.51. The fraction of sp³-hybridized carbons (Fsp3) is 0.250. The molecule has 0 aromatic heterocycles. The van der Waals surface area contributed by atoms with E-state index in [1.54, 1.807) is 23.3 Å². The number of hydroxylamine groups is 1. The van der Waals surface area contributed by atoms with Gasteiger partial charge in [0.25, 0.3) is 0 Å². The molecule has 0 N–H and O–H groups in total. The van der Waals surface area contributed by atoms with Gasteiger partial charge in [0.05, 0.1) is 19.3 Å². The third kappa shape index (κ3) is 2.78. The predicted molar refractivity (Wildman–Crippen MR) is 64.8 cm³/mol. The monoisotopic (exact) mass is 253 g/mol. The van der Waals surface area contributed by atoms with Gasteiger partial charge in [-0.05, 0) is 30.3 Å². The van der Waals surface area contributed by atoms with E-state index in [1.165, 1.54) is 7.11 Å². The maximum atomic E-state index is 11.4. The van der Waals surface area contributed by atoms with Gasteiger partial charge in [-0.2, -0.15) is 0 Å². The molecule has 1 aromatic carbocycles. The molecule has 0 saturated carbocycles. The first-order valence-corrected chi connectivity index (χ1v) is 5.53. The molecular formula is C12H12ClNO3. The van der Waals surface area contributed by atoms with Crippen LogP contribution >= 0.6 is 11.6 Å². The van der Waals surface area contributed by atoms with Crippen LogP contribution in [0.15, 0.2) is 36.4 Å². The number of carbonyl (C=O) groups is 1. The van der Waals surface area contributed by atoms with E-state index in [2.05, 4.69) is 4.74 Å². The van der Waals surface area contributed by atoms with Crippen molar-refractivity contribution in [2.24, 2.45) is 0 Å². The number of ether oxygens (including phenoxy) is 1. The van der Waals surface area contributed by atoms with E-state index in [9.17, 15) is 4.79 Å². The van der Waals surface area contributed by atoms with Crippen LogP contribution in [0.4, 0.5) is 5.69 Å². The molecule has 1 aliphatic rings. The van der Waals surface area contributed by atoms with Gasteiger partial charge in [-0.3, -0.25) is 4.84 Å². The van der Waals surface area contributed by atoms with Crippen LogP contribution in [0.2, 0.25) is 5.02 Å². The number of halogens is 1. The van der Waals surface area contributed by atoms with Gasteiger partial charge in [0, 0.05) is 5.02 Å². The fourth-order valence-electron chi connectivity index (χ4n) is 1.51. The van der Waals surface area contributed by atoms with E-state index >= 15 is 0 Å². The summed E-state index contributed by atoms with van der Waals surface area (Å²) in [6.45, 7) is 0.578. The largest absolute Gasteiger partial charge is 0.467 e. The number of benzene rings is 1. The van der Waals surface area contributed by atoms with E-state index in [0.29, 0.717) is 11.6 Å². The van der Waals surface area contributed by atoms with Crippen molar-refractivity contribution in [3.8, 4) is 0 Å². The van der Waals surface area contributed by atoms with Gasteiger partial charge in [-0.15, -0.1) is 0 Å². The Morgan fingerprint density at radius 3 is 2.82 bits per heavy atom. The van der Waals surface area contributed by atoms with Gasteiger partial charge in [0.15, 0.2) is 0 Å². The van der Waals surface area contributed by atoms with Crippen LogP contribution < -0.4 is 5.06 Å². The zero-order valence-electron chi connectivity index (χ0n) is 9.30. The zero-order chi connectivity index (χ0) is 12.3. The topological polar surface area (TPSA) is 38.8 Å². The molecular weight excluding hydrogens is 242 g/mol. The average molecular weight is 254 g/mol. The lowest BCUT2D eigenvalue weighted by Crippen LogP contribution is -2.37. The van der Waals surface area contributed by atoms with E-state index < -0.39 is 12.1 Å². The van der Waals surface area contributed by atoms with Gasteiger partial charge < -0.3 is 4.74 Å². The Morgan fingerprint density at radius 1 is 1.47 bits per heavy atom. The van der Waals surface area contributed by atoms with Crippen LogP contribution in [0.1, 0.15) is 0 Å². The highest BCUT2D eigenvalue weighted by molar-refractivity contribution is 6.30. The second-order valence-corrected chi connectivity index (χ2v) is 3.95. The Bertz CT molecular complexity index is 430. The summed E-state index contributed by atoms with van der Waals surface area (Å²) in [7, 11) is 1.33. The van der Waals surface area contributed by atoms with E-state index in [1.807, 2.05) is 18.2 Å². The summed E-state index contributed by atoms with van der Waals surface area (Å²) in [4.78, 5) is 16.8. The van der Waals surface area contributed by atoms with Crippen LogP contribution in [0.25, 0.3) is 0 Å². The lowest BCUT2D eigenvalue weighted by Gasteiger charge is -2.28. The number of esters is 1. The van der Waals surface area contributed by atoms with Crippen LogP contribution in [0, 0.1) is 0 Å². The third-order valence-corrected chi connectivity index (χ3v) is 2.62. The Hall–Kier alpha value is -1.52. The first-order chi connectivity index (χ1) is 8.20. The molecule has 2 rings (SSSR count). The van der Waals surface area contributed by atoms with E-state index in [4.69, 9.17) is 16.4 Å². The van der Waals surface area contributed by atoms with Crippen molar-refractivity contribution in [3.63, 3.8) is 0 Å². The van der Waals surface area contributed by atoms with Crippen molar-refractivity contribution in [1.82, 2.24) is 0 Å². The molecule has 1 unspecified atom stereocenters. The number of hydrogen-bond donors (Lipinski definition) is 0. The maximum absolute atomic E-state index is 11.4. The molecule has 17 heavy (non-hydrogen) atoms. The normalized spacial score (nSPS) is 19.2. The minimum Gasteiger partial charge on any atom is -0.467 e. The molecule has 0 spiro atoms. The molecule has 0 bridgehead atoms. The molecule has 4 nitrogen and oxygen atoms in total. The lowest BCUT2D eigenvalue weighted by atomic mass is 10.2. The van der Waals surface area contributed by atoms with Crippen LogP contribution in [-0.4, -0.2) is 25.7 Å². The third-order valence-electron chi connectivity index (χ3n) is 2.37. The van der Waals surface area contributed by atoms with Crippen molar-refractivity contribution in [2.45, 2.75) is 6.10 Å². The predicted octanol–water partition coefficient (Wildman–Crippen LogP) is 2.19. The summed E-state index contributed by atoms with van der Waals surface area (Å²) in [6.07, 6.45) is 2.85. The summed E-state index contributed by atoms with van der Waals surface area (Å²) >= 11 is 5.80. The van der Waals surface area contributed by atoms with E-state index in [-0.39, 0.29) is 0 Å². The quantitative estimate of drug-likeness (QED) is 0.598. The maximum Gasteiger partial charge on any atom is 0.341 e. The highest BCUT2D eigenvalue weighted by atomic mass is 35.5. The van der Waals surface area contributed by atoms with Crippen molar-refractivity contribution in [3.05, 3.63) is 41.4 Å². The molecule has 0 amide bonds. The Kier molecular flexibility index (Phi) is 3.66. The summed E-state index contributed by atoms with van der Waals surface area (Å²) in [6, 6.07) is 7.20. The number of methoxy groups -OCH3 is 1. The Labute approximate surface area is 104 Å². The first kappa shape index (κ1) is 12.0. The molecule has 1 aliphatic heterocycles. The minimum absolute atomic E-state index is 0.417. The number of anilines is 1. The number of carbonyl (C=O) groups excluding carboxylic acids is 1. The average Bonchev–Trinajstić information content (AvgIpc) is 2.39. The standard InChI is InChI=1S/C12H12ClNO3/c1-16-12(15)11-3-2-8-14(17-11)10-6-4-9(13)5-7-10/h2-7,11H,8H2,1H3. The van der Waals surface area contributed by atoms with Crippen LogP contribution in [0.5, 0.6) is 0 Å². The van der Waals surface area contributed by atoms with Gasteiger partial charge in [0.1, 0.15) is 0 Å². The minimum atomic E-state index is -0.690. The highest BCUT2D eigenvalue weighted by Gasteiger charge is 2.23. The zero-order valence-corrected chi connectivity index (χ0v) is 10.1. The molecule has 0 radical (unpaired) electrons. The van der Waals surface area contributed by atoms with Crippen LogP contribution in [-0.2, 0) is 14.4 Å². The van der Waals surface area contributed by atoms with Crippen molar-refractivity contribution < 1.29 is 14.4 Å². The smallest absolute Gasteiger partial charge is 0.341 e. The summed E-state index contributed by atoms with van der Waals surface area (Å²) in [5.41, 5.74) is 0.840. The molecule has 0 saturated heterocycles. The number of hydrogen-bond acceptors (Lipinski definition) is 4. The molecule has 1 heterocycles. The summed E-state index contributed by atoms with van der Waals surface area (Å²) in [5.74, 6) is -0.417. The molecule has 1 atom stereocenters. The SMILES string of the molecule is COC(=O)C1C=CCN(c2ccc(Cl)cc2)O1. The van der Waals surface area contributed by atoms with Crippen molar-refractivity contribution >= 4 is 23.3 Å². The highest BCUT2D eigenvalue weighted by Crippen LogP contribution is 2.21. The fourth-order valence-corrected chi connectivity index (χ4v) is 1.63. The Morgan fingerprint density at radius 2 is 2.18 bits per heavy atom. The second kappa shape index (κ2) is 5.21. The molecule has 5 heteroatoms. The van der Waals surface area contributed by atoms with Gasteiger partial charge in [-0.1, -0.05) is 17.7 Å². The molecule has 90 valence electrons. The summed E-state index contributed by atoms with van der Waals surface area (Å²) < 4.78 is 4.63. The summed E-state index contributed by atoms with van der Waals surface area (Å²) in [5, 5.41) is 2.28. The molecule has 1 aromatic rings. The first-order valence-electron chi connectivity index (χ1n) is 5.15. The number of rotatable bonds is 2.